The lowest BCUT2D eigenvalue weighted by atomic mass is 10.0. The quantitative estimate of drug-likeness (QED) is 0.833. The van der Waals surface area contributed by atoms with Crippen molar-refractivity contribution in [3.8, 4) is 5.75 Å². The number of aryl methyl sites for hydroxylation is 2. The molecule has 0 aliphatic carbocycles. The standard InChI is InChI=1S/C13H15N3O2/c1-8-6-9(18-3)4-5-10(8)12(17)11-7-15-16(2)13(11)14/h4-7H,14H2,1-3H3. The van der Waals surface area contributed by atoms with Gasteiger partial charge in [0.25, 0.3) is 0 Å². The van der Waals surface area contributed by atoms with Gasteiger partial charge in [0.1, 0.15) is 11.6 Å². The first-order valence-corrected chi connectivity index (χ1v) is 5.51. The van der Waals surface area contributed by atoms with Gasteiger partial charge in [0.15, 0.2) is 5.78 Å². The minimum absolute atomic E-state index is 0.124. The molecule has 0 aliphatic rings. The molecule has 1 heterocycles. The first-order valence-electron chi connectivity index (χ1n) is 5.51. The molecule has 2 N–H and O–H groups in total. The van der Waals surface area contributed by atoms with Crippen molar-refractivity contribution in [2.45, 2.75) is 6.92 Å². The molecule has 5 heteroatoms. The van der Waals surface area contributed by atoms with Crippen LogP contribution in [0, 0.1) is 6.92 Å². The molecule has 0 spiro atoms. The van der Waals surface area contributed by atoms with Crippen LogP contribution in [0.5, 0.6) is 5.75 Å². The van der Waals surface area contributed by atoms with Crippen LogP contribution in [0.2, 0.25) is 0 Å². The predicted molar refractivity (Wildman–Crippen MR) is 68.8 cm³/mol. The number of benzene rings is 1. The number of hydrogen-bond donors (Lipinski definition) is 1. The van der Waals surface area contributed by atoms with E-state index in [0.29, 0.717) is 16.9 Å². The third-order valence-corrected chi connectivity index (χ3v) is 2.91. The molecule has 1 aromatic heterocycles. The summed E-state index contributed by atoms with van der Waals surface area (Å²) in [5, 5.41) is 3.97. The fourth-order valence-electron chi connectivity index (χ4n) is 1.78. The van der Waals surface area contributed by atoms with Gasteiger partial charge in [-0.1, -0.05) is 0 Å². The van der Waals surface area contributed by atoms with Gasteiger partial charge in [-0.2, -0.15) is 5.10 Å². The second kappa shape index (κ2) is 4.52. The Morgan fingerprint density at radius 2 is 2.11 bits per heavy atom. The first-order chi connectivity index (χ1) is 8.54. The molecule has 94 valence electrons. The molecule has 1 aromatic carbocycles. The Labute approximate surface area is 105 Å². The molecule has 0 saturated heterocycles. The molecule has 0 bridgehead atoms. The van der Waals surface area contributed by atoms with Crippen LogP contribution >= 0.6 is 0 Å². The average molecular weight is 245 g/mol. The number of rotatable bonds is 3. The maximum Gasteiger partial charge on any atom is 0.198 e. The van der Waals surface area contributed by atoms with E-state index >= 15 is 0 Å². The Balaban J connectivity index is 2.43. The van der Waals surface area contributed by atoms with Gasteiger partial charge < -0.3 is 10.5 Å². The lowest BCUT2D eigenvalue weighted by Gasteiger charge is -2.07. The number of aromatic nitrogens is 2. The number of carbonyl (C=O) groups excluding carboxylic acids is 1. The van der Waals surface area contributed by atoms with Crippen LogP contribution in [0.4, 0.5) is 5.82 Å². The molecular formula is C13H15N3O2. The van der Waals surface area contributed by atoms with Crippen LogP contribution in [0.15, 0.2) is 24.4 Å². The highest BCUT2D eigenvalue weighted by molar-refractivity contribution is 6.12. The van der Waals surface area contributed by atoms with E-state index in [0.717, 1.165) is 11.3 Å². The number of carbonyl (C=O) groups is 1. The zero-order valence-electron chi connectivity index (χ0n) is 10.6. The molecule has 5 nitrogen and oxygen atoms in total. The average Bonchev–Trinajstić information content (AvgIpc) is 2.69. The van der Waals surface area contributed by atoms with Gasteiger partial charge in [0, 0.05) is 12.6 Å². The number of hydrogen-bond acceptors (Lipinski definition) is 4. The normalized spacial score (nSPS) is 10.4. The number of ketones is 1. The summed E-state index contributed by atoms with van der Waals surface area (Å²) in [6.45, 7) is 1.86. The van der Waals surface area contributed by atoms with Crippen molar-refractivity contribution in [1.29, 1.82) is 0 Å². The fourth-order valence-corrected chi connectivity index (χ4v) is 1.78. The van der Waals surface area contributed by atoms with Crippen molar-refractivity contribution in [2.24, 2.45) is 7.05 Å². The Bertz CT molecular complexity index is 602. The number of nitrogens with two attached hydrogens (primary N) is 1. The maximum absolute atomic E-state index is 12.3. The summed E-state index contributed by atoms with van der Waals surface area (Å²) < 4.78 is 6.59. The van der Waals surface area contributed by atoms with E-state index in [9.17, 15) is 4.79 Å². The van der Waals surface area contributed by atoms with Crippen LogP contribution in [0.25, 0.3) is 0 Å². The number of anilines is 1. The van der Waals surface area contributed by atoms with Crippen molar-refractivity contribution in [3.05, 3.63) is 41.1 Å². The van der Waals surface area contributed by atoms with Gasteiger partial charge in [-0.15, -0.1) is 0 Å². The molecule has 18 heavy (non-hydrogen) atoms. The Morgan fingerprint density at radius 1 is 1.39 bits per heavy atom. The summed E-state index contributed by atoms with van der Waals surface area (Å²) in [6.07, 6.45) is 1.49. The van der Waals surface area contributed by atoms with Crippen LogP contribution < -0.4 is 10.5 Å². The first kappa shape index (κ1) is 12.2. The van der Waals surface area contributed by atoms with Crippen LogP contribution in [0.3, 0.4) is 0 Å². The monoisotopic (exact) mass is 245 g/mol. The van der Waals surface area contributed by atoms with Gasteiger partial charge >= 0.3 is 0 Å². The minimum Gasteiger partial charge on any atom is -0.497 e. The molecular weight excluding hydrogens is 230 g/mol. The Kier molecular flexibility index (Phi) is 3.06. The largest absolute Gasteiger partial charge is 0.497 e. The lowest BCUT2D eigenvalue weighted by Crippen LogP contribution is -2.07. The zero-order valence-corrected chi connectivity index (χ0v) is 10.6. The summed E-state index contributed by atoms with van der Waals surface area (Å²) >= 11 is 0. The molecule has 0 unspecified atom stereocenters. The van der Waals surface area contributed by atoms with Gasteiger partial charge in [-0.3, -0.25) is 9.48 Å². The van der Waals surface area contributed by atoms with Crippen LogP contribution in [-0.4, -0.2) is 22.7 Å². The summed E-state index contributed by atoms with van der Waals surface area (Å²) in [5.74, 6) is 0.971. The second-order valence-corrected chi connectivity index (χ2v) is 4.08. The summed E-state index contributed by atoms with van der Waals surface area (Å²) in [5.41, 5.74) is 7.68. The van der Waals surface area contributed by atoms with Gasteiger partial charge in [-0.25, -0.2) is 0 Å². The summed E-state index contributed by atoms with van der Waals surface area (Å²) in [6, 6.07) is 5.32. The number of nitrogen functional groups attached to an aromatic ring is 1. The number of methoxy groups -OCH3 is 1. The van der Waals surface area contributed by atoms with Crippen LogP contribution in [-0.2, 0) is 7.05 Å². The van der Waals surface area contributed by atoms with E-state index in [1.807, 2.05) is 13.0 Å². The molecule has 0 fully saturated rings. The second-order valence-electron chi connectivity index (χ2n) is 4.08. The third kappa shape index (κ3) is 1.95. The third-order valence-electron chi connectivity index (χ3n) is 2.91. The molecule has 0 aliphatic heterocycles. The van der Waals surface area contributed by atoms with E-state index in [2.05, 4.69) is 5.10 Å². The van der Waals surface area contributed by atoms with Gasteiger partial charge in [0.05, 0.1) is 18.9 Å². The number of ether oxygens (including phenoxy) is 1. The van der Waals surface area contributed by atoms with Crippen molar-refractivity contribution >= 4 is 11.6 Å². The van der Waals surface area contributed by atoms with Crippen molar-refractivity contribution in [3.63, 3.8) is 0 Å². The highest BCUT2D eigenvalue weighted by atomic mass is 16.5. The highest BCUT2D eigenvalue weighted by Gasteiger charge is 2.17. The smallest absolute Gasteiger partial charge is 0.198 e. The SMILES string of the molecule is COc1ccc(C(=O)c2cnn(C)c2N)c(C)c1. The number of nitrogens with zero attached hydrogens (tertiary/aromatic N) is 2. The molecule has 0 atom stereocenters. The Morgan fingerprint density at radius 3 is 2.61 bits per heavy atom. The highest BCUT2D eigenvalue weighted by Crippen LogP contribution is 2.21. The molecule has 0 amide bonds. The van der Waals surface area contributed by atoms with Crippen LogP contribution in [0.1, 0.15) is 21.5 Å². The molecule has 2 aromatic rings. The molecule has 0 radical (unpaired) electrons. The predicted octanol–water partition coefficient (Wildman–Crippen LogP) is 1.55. The lowest BCUT2D eigenvalue weighted by molar-refractivity contribution is 0.103. The van der Waals surface area contributed by atoms with Gasteiger partial charge in [-0.05, 0) is 30.7 Å². The Hall–Kier alpha value is -2.30. The topological polar surface area (TPSA) is 70.1 Å². The van der Waals surface area contributed by atoms with Gasteiger partial charge in [0.2, 0.25) is 0 Å². The molecule has 2 rings (SSSR count). The van der Waals surface area contributed by atoms with E-state index < -0.39 is 0 Å². The van der Waals surface area contributed by atoms with E-state index in [1.54, 1.807) is 26.3 Å². The minimum atomic E-state index is -0.124. The summed E-state index contributed by atoms with van der Waals surface area (Å²) in [7, 11) is 3.29. The van der Waals surface area contributed by atoms with E-state index in [-0.39, 0.29) is 5.78 Å². The van der Waals surface area contributed by atoms with Crippen molar-refractivity contribution in [1.82, 2.24) is 9.78 Å². The van der Waals surface area contributed by atoms with Crippen molar-refractivity contribution < 1.29 is 9.53 Å². The summed E-state index contributed by atoms with van der Waals surface area (Å²) in [4.78, 5) is 12.3. The zero-order chi connectivity index (χ0) is 13.3. The fraction of sp³-hybridized carbons (Fsp3) is 0.231. The molecule has 0 saturated carbocycles. The van der Waals surface area contributed by atoms with Crippen molar-refractivity contribution in [2.75, 3.05) is 12.8 Å². The van der Waals surface area contributed by atoms with E-state index in [1.165, 1.54) is 10.9 Å². The maximum atomic E-state index is 12.3. The van der Waals surface area contributed by atoms with E-state index in [4.69, 9.17) is 10.5 Å².